The molecule has 0 aliphatic carbocycles. The minimum Gasteiger partial charge on any atom is -0.308 e. The predicted molar refractivity (Wildman–Crippen MR) is 95.6 cm³/mol. The molecule has 0 saturated carbocycles. The first-order valence-corrected chi connectivity index (χ1v) is 8.14. The third-order valence-electron chi connectivity index (χ3n) is 3.42. The van der Waals surface area contributed by atoms with Gasteiger partial charge in [-0.05, 0) is 44.2 Å². The Hall–Kier alpha value is -2.60. The Labute approximate surface area is 137 Å². The van der Waals surface area contributed by atoms with E-state index in [2.05, 4.69) is 10.6 Å². The molecule has 1 aromatic heterocycles. The van der Waals surface area contributed by atoms with Gasteiger partial charge in [-0.1, -0.05) is 29.5 Å². The molecule has 0 spiro atoms. The van der Waals surface area contributed by atoms with E-state index in [1.54, 1.807) is 10.6 Å². The van der Waals surface area contributed by atoms with Gasteiger partial charge in [0.05, 0.1) is 10.2 Å². The van der Waals surface area contributed by atoms with Crippen molar-refractivity contribution in [1.29, 1.82) is 0 Å². The number of hydrogen-bond acceptors (Lipinski definition) is 3. The van der Waals surface area contributed by atoms with Gasteiger partial charge in [-0.3, -0.25) is 9.36 Å². The largest absolute Gasteiger partial charge is 0.323 e. The number of benzene rings is 2. The summed E-state index contributed by atoms with van der Waals surface area (Å²) < 4.78 is 2.62. The normalized spacial score (nSPS) is 10.9. The van der Waals surface area contributed by atoms with Crippen LogP contribution in [-0.4, -0.2) is 10.6 Å². The highest BCUT2D eigenvalue weighted by atomic mass is 32.1. The number of hydrogen-bond donors (Lipinski definition) is 2. The molecule has 3 aromatic rings. The van der Waals surface area contributed by atoms with E-state index < -0.39 is 0 Å². The number of urea groups is 1. The van der Waals surface area contributed by atoms with Crippen molar-refractivity contribution in [2.75, 3.05) is 10.6 Å². The first kappa shape index (κ1) is 15.3. The smallest absolute Gasteiger partial charge is 0.308 e. The number of para-hydroxylation sites is 1. The van der Waals surface area contributed by atoms with Gasteiger partial charge < -0.3 is 10.6 Å². The van der Waals surface area contributed by atoms with E-state index in [0.717, 1.165) is 15.9 Å². The van der Waals surface area contributed by atoms with E-state index in [1.807, 2.05) is 56.3 Å². The number of nitrogens with one attached hydrogen (secondary N) is 2. The zero-order valence-corrected chi connectivity index (χ0v) is 13.7. The summed E-state index contributed by atoms with van der Waals surface area (Å²) in [6.45, 7) is 3.96. The zero-order valence-electron chi connectivity index (χ0n) is 12.9. The van der Waals surface area contributed by atoms with Gasteiger partial charge in [0.25, 0.3) is 0 Å². The number of amides is 2. The Kier molecular flexibility index (Phi) is 4.16. The topological polar surface area (TPSA) is 63.1 Å². The van der Waals surface area contributed by atoms with Gasteiger partial charge in [0, 0.05) is 17.4 Å². The van der Waals surface area contributed by atoms with Crippen LogP contribution in [0.4, 0.5) is 16.2 Å². The third-order valence-corrected chi connectivity index (χ3v) is 4.34. The number of aromatic nitrogens is 1. The van der Waals surface area contributed by atoms with E-state index in [-0.39, 0.29) is 16.9 Å². The highest BCUT2D eigenvalue weighted by molar-refractivity contribution is 7.16. The summed E-state index contributed by atoms with van der Waals surface area (Å²) in [7, 11) is 0. The van der Waals surface area contributed by atoms with E-state index in [4.69, 9.17) is 0 Å². The van der Waals surface area contributed by atoms with Crippen molar-refractivity contribution >= 4 is 39.0 Å². The van der Waals surface area contributed by atoms with Crippen molar-refractivity contribution in [3.63, 3.8) is 0 Å². The van der Waals surface area contributed by atoms with E-state index in [0.29, 0.717) is 5.69 Å². The van der Waals surface area contributed by atoms with Crippen molar-refractivity contribution in [2.45, 2.75) is 19.9 Å². The zero-order chi connectivity index (χ0) is 16.4. The fourth-order valence-electron chi connectivity index (χ4n) is 2.42. The highest BCUT2D eigenvalue weighted by Crippen LogP contribution is 2.24. The van der Waals surface area contributed by atoms with Crippen LogP contribution in [0.1, 0.15) is 19.9 Å². The second-order valence-corrected chi connectivity index (χ2v) is 6.45. The molecular weight excluding hydrogens is 310 g/mol. The number of nitrogens with zero attached hydrogens (tertiary/aromatic N) is 1. The molecule has 118 valence electrons. The molecule has 3 rings (SSSR count). The van der Waals surface area contributed by atoms with Gasteiger partial charge >= 0.3 is 10.9 Å². The Bertz CT molecular complexity index is 897. The maximum atomic E-state index is 12.0. The Morgan fingerprint density at radius 1 is 1.04 bits per heavy atom. The average Bonchev–Trinajstić information content (AvgIpc) is 2.83. The Morgan fingerprint density at radius 3 is 2.43 bits per heavy atom. The van der Waals surface area contributed by atoms with Crippen LogP contribution in [0.5, 0.6) is 0 Å². The molecule has 0 bridgehead atoms. The Balaban J connectivity index is 1.81. The molecule has 6 heteroatoms. The average molecular weight is 327 g/mol. The molecule has 2 aromatic carbocycles. The quantitative estimate of drug-likeness (QED) is 0.754. The van der Waals surface area contributed by atoms with Crippen molar-refractivity contribution in [3.05, 3.63) is 58.2 Å². The second kappa shape index (κ2) is 6.26. The predicted octanol–water partition coefficient (Wildman–Crippen LogP) is 4.29. The van der Waals surface area contributed by atoms with Crippen LogP contribution in [0.25, 0.3) is 10.2 Å². The fraction of sp³-hybridized carbons (Fsp3) is 0.176. The van der Waals surface area contributed by atoms with Gasteiger partial charge in [0.1, 0.15) is 0 Å². The second-order valence-electron chi connectivity index (χ2n) is 5.46. The summed E-state index contributed by atoms with van der Waals surface area (Å²) in [5.41, 5.74) is 2.27. The van der Waals surface area contributed by atoms with Gasteiger partial charge in [-0.15, -0.1) is 0 Å². The number of rotatable bonds is 3. The van der Waals surface area contributed by atoms with Crippen LogP contribution in [-0.2, 0) is 0 Å². The number of carbonyl (C=O) groups excluding carboxylic acids is 1. The van der Waals surface area contributed by atoms with E-state index in [1.165, 1.54) is 11.3 Å². The first-order valence-electron chi connectivity index (χ1n) is 7.33. The number of fused-ring (bicyclic) bond motifs is 1. The SMILES string of the molecule is CC(C)n1c(=O)sc2cc(NC(=O)Nc3ccccc3)ccc21. The van der Waals surface area contributed by atoms with E-state index >= 15 is 0 Å². The lowest BCUT2D eigenvalue weighted by Crippen LogP contribution is -2.19. The maximum absolute atomic E-state index is 12.0. The third kappa shape index (κ3) is 3.27. The number of anilines is 2. The lowest BCUT2D eigenvalue weighted by molar-refractivity contribution is 0.262. The van der Waals surface area contributed by atoms with Crippen LogP contribution in [0.3, 0.4) is 0 Å². The maximum Gasteiger partial charge on any atom is 0.323 e. The van der Waals surface area contributed by atoms with Gasteiger partial charge in [-0.25, -0.2) is 4.79 Å². The molecule has 0 saturated heterocycles. The molecule has 23 heavy (non-hydrogen) atoms. The van der Waals surface area contributed by atoms with Crippen molar-refractivity contribution in [3.8, 4) is 0 Å². The molecule has 0 atom stereocenters. The minimum atomic E-state index is -0.314. The molecule has 0 aliphatic rings. The molecule has 2 amide bonds. The van der Waals surface area contributed by atoms with Crippen molar-refractivity contribution in [2.24, 2.45) is 0 Å². The molecule has 2 N–H and O–H groups in total. The Morgan fingerprint density at radius 2 is 1.74 bits per heavy atom. The summed E-state index contributed by atoms with van der Waals surface area (Å²) in [4.78, 5) is 24.1. The lowest BCUT2D eigenvalue weighted by atomic mass is 10.2. The standard InChI is InChI=1S/C17H17N3O2S/c1-11(2)20-14-9-8-13(10-15(14)23-17(20)22)19-16(21)18-12-6-4-3-5-7-12/h3-11H,1-2H3,(H2,18,19,21). The van der Waals surface area contributed by atoms with E-state index in [9.17, 15) is 9.59 Å². The summed E-state index contributed by atoms with van der Waals surface area (Å²) in [5, 5.41) is 5.55. The minimum absolute atomic E-state index is 0.0147. The summed E-state index contributed by atoms with van der Waals surface area (Å²) in [6, 6.07) is 14.5. The lowest BCUT2D eigenvalue weighted by Gasteiger charge is -2.09. The summed E-state index contributed by atoms with van der Waals surface area (Å²) in [6.07, 6.45) is 0. The number of carbonyl (C=O) groups is 1. The van der Waals surface area contributed by atoms with Crippen LogP contribution >= 0.6 is 11.3 Å². The molecular formula is C17H17N3O2S. The highest BCUT2D eigenvalue weighted by Gasteiger charge is 2.11. The monoisotopic (exact) mass is 327 g/mol. The van der Waals surface area contributed by atoms with Crippen LogP contribution in [0.2, 0.25) is 0 Å². The van der Waals surface area contributed by atoms with Crippen LogP contribution in [0.15, 0.2) is 53.3 Å². The van der Waals surface area contributed by atoms with Gasteiger partial charge in [0.2, 0.25) is 0 Å². The summed E-state index contributed by atoms with van der Waals surface area (Å²) in [5.74, 6) is 0. The van der Waals surface area contributed by atoms with Crippen LogP contribution < -0.4 is 15.5 Å². The van der Waals surface area contributed by atoms with Crippen LogP contribution in [0, 0.1) is 0 Å². The van der Waals surface area contributed by atoms with Crippen molar-refractivity contribution in [1.82, 2.24) is 4.57 Å². The molecule has 5 nitrogen and oxygen atoms in total. The molecule has 0 radical (unpaired) electrons. The van der Waals surface area contributed by atoms with Crippen molar-refractivity contribution < 1.29 is 4.79 Å². The molecule has 0 fully saturated rings. The van der Waals surface area contributed by atoms with Gasteiger partial charge in [-0.2, -0.15) is 0 Å². The molecule has 1 heterocycles. The fourth-order valence-corrected chi connectivity index (χ4v) is 3.47. The molecule has 0 aliphatic heterocycles. The first-order chi connectivity index (χ1) is 11.0. The summed E-state index contributed by atoms with van der Waals surface area (Å²) >= 11 is 1.19. The number of thiazole rings is 1. The molecule has 0 unspecified atom stereocenters. The van der Waals surface area contributed by atoms with Gasteiger partial charge in [0.15, 0.2) is 0 Å².